The normalized spacial score (nSPS) is 11.2. The summed E-state index contributed by atoms with van der Waals surface area (Å²) in [7, 11) is 0. The number of unbranched alkanes of at least 4 members (excludes halogenated alkanes) is 1. The van der Waals surface area contributed by atoms with Crippen molar-refractivity contribution >= 4 is 33.9 Å². The number of nitrogens with zero attached hydrogens (tertiary/aromatic N) is 1. The molecule has 0 saturated carbocycles. The lowest BCUT2D eigenvalue weighted by Crippen LogP contribution is -2.14. The molecule has 0 bridgehead atoms. The van der Waals surface area contributed by atoms with Gasteiger partial charge in [-0.3, -0.25) is 4.98 Å². The largest absolute Gasteiger partial charge is 0.385 e. The van der Waals surface area contributed by atoms with Crippen molar-refractivity contribution in [2.45, 2.75) is 24.7 Å². The van der Waals surface area contributed by atoms with Crippen molar-refractivity contribution in [2.75, 3.05) is 6.54 Å². The number of hydrogen-bond acceptors (Lipinski definition) is 4. The van der Waals surface area contributed by atoms with Gasteiger partial charge in [-0.05, 0) is 36.8 Å². The Labute approximate surface area is 142 Å². The van der Waals surface area contributed by atoms with E-state index < -0.39 is 0 Å². The van der Waals surface area contributed by atoms with Crippen molar-refractivity contribution in [1.82, 2.24) is 10.3 Å². The summed E-state index contributed by atoms with van der Waals surface area (Å²) < 4.78 is 0.849. The monoisotopic (exact) mass is 328 g/mol. The second kappa shape index (κ2) is 9.38. The van der Waals surface area contributed by atoms with Crippen LogP contribution >= 0.6 is 24.0 Å². The number of thiocarbonyl (C=S) groups is 1. The first-order chi connectivity index (χ1) is 10.8. The highest BCUT2D eigenvalue weighted by atomic mass is 32.2. The zero-order valence-corrected chi connectivity index (χ0v) is 14.3. The number of thioether (sulfide) groups is 1. The smallest absolute Gasteiger partial charge is 0.0774 e. The van der Waals surface area contributed by atoms with Gasteiger partial charge in [0.1, 0.15) is 0 Å². The molecular weight excluding hydrogens is 308 g/mol. The van der Waals surface area contributed by atoms with Crippen LogP contribution in [-0.4, -0.2) is 15.7 Å². The van der Waals surface area contributed by atoms with Crippen LogP contribution in [0.2, 0.25) is 0 Å². The lowest BCUT2D eigenvalue weighted by molar-refractivity contribution is 0.745. The first kappa shape index (κ1) is 16.7. The summed E-state index contributed by atoms with van der Waals surface area (Å²) in [6, 6.07) is 14.2. The average molecular weight is 329 g/mol. The molecule has 2 rings (SSSR count). The number of rotatable bonds is 7. The molecule has 114 valence electrons. The second-order valence-corrected chi connectivity index (χ2v) is 6.62. The molecule has 1 aromatic heterocycles. The van der Waals surface area contributed by atoms with Crippen molar-refractivity contribution in [3.05, 3.63) is 66.5 Å². The molecule has 0 atom stereocenters. The first-order valence-electron chi connectivity index (χ1n) is 7.42. The second-order valence-electron chi connectivity index (χ2n) is 4.81. The van der Waals surface area contributed by atoms with Gasteiger partial charge in [0, 0.05) is 35.1 Å². The fraction of sp³-hybridized carbons (Fsp3) is 0.222. The molecule has 2 aromatic rings. The maximum Gasteiger partial charge on any atom is 0.0774 e. The third-order valence-electron chi connectivity index (χ3n) is 3.06. The lowest BCUT2D eigenvalue weighted by atomic mass is 10.2. The highest BCUT2D eigenvalue weighted by Crippen LogP contribution is 2.22. The average Bonchev–Trinajstić information content (AvgIpc) is 2.56. The Morgan fingerprint density at radius 2 is 1.91 bits per heavy atom. The number of pyridine rings is 1. The third kappa shape index (κ3) is 5.62. The minimum Gasteiger partial charge on any atom is -0.385 e. The number of hydrogen-bond donors (Lipinski definition) is 1. The minimum absolute atomic E-state index is 0.849. The van der Waals surface area contributed by atoms with Gasteiger partial charge in [0.25, 0.3) is 0 Å². The van der Waals surface area contributed by atoms with Crippen molar-refractivity contribution in [2.24, 2.45) is 0 Å². The van der Waals surface area contributed by atoms with E-state index in [0.29, 0.717) is 0 Å². The molecule has 0 fully saturated rings. The van der Waals surface area contributed by atoms with Crippen molar-refractivity contribution < 1.29 is 0 Å². The summed E-state index contributed by atoms with van der Waals surface area (Å²) >= 11 is 7.13. The molecule has 1 aromatic carbocycles. The van der Waals surface area contributed by atoms with Gasteiger partial charge in [0.15, 0.2) is 0 Å². The summed E-state index contributed by atoms with van der Waals surface area (Å²) in [5, 5.41) is 3.49. The van der Waals surface area contributed by atoms with E-state index in [-0.39, 0.29) is 0 Å². The Bertz CT molecular complexity index is 609. The predicted octanol–water partition coefficient (Wildman–Crippen LogP) is 4.93. The molecule has 22 heavy (non-hydrogen) atoms. The minimum atomic E-state index is 0.849. The molecule has 0 aliphatic rings. The first-order valence-corrected chi connectivity index (χ1v) is 8.65. The molecule has 4 heteroatoms. The highest BCUT2D eigenvalue weighted by molar-refractivity contribution is 8.23. The molecule has 0 radical (unpaired) electrons. The van der Waals surface area contributed by atoms with Crippen molar-refractivity contribution in [3.8, 4) is 0 Å². The molecule has 1 heterocycles. The van der Waals surface area contributed by atoms with E-state index in [1.54, 1.807) is 24.2 Å². The van der Waals surface area contributed by atoms with E-state index in [9.17, 15) is 0 Å². The fourth-order valence-electron chi connectivity index (χ4n) is 1.92. The summed E-state index contributed by atoms with van der Waals surface area (Å²) in [5.41, 5.74) is 2.17. The van der Waals surface area contributed by atoms with E-state index in [4.69, 9.17) is 12.2 Å². The van der Waals surface area contributed by atoms with Gasteiger partial charge < -0.3 is 5.32 Å². The fourth-order valence-corrected chi connectivity index (χ4v) is 3.03. The van der Waals surface area contributed by atoms with E-state index in [1.807, 2.05) is 36.4 Å². The number of benzene rings is 1. The summed E-state index contributed by atoms with van der Waals surface area (Å²) in [5.74, 6) is 0. The summed E-state index contributed by atoms with van der Waals surface area (Å²) in [6.45, 7) is 3.14. The van der Waals surface area contributed by atoms with Crippen LogP contribution in [0.25, 0.3) is 5.70 Å². The van der Waals surface area contributed by atoms with E-state index >= 15 is 0 Å². The predicted molar refractivity (Wildman–Crippen MR) is 100 cm³/mol. The standard InChI is InChI=1S/C18H20N2S2/c1-2-3-11-20-17(15-9-12-19-13-10-15)14-18(21)22-16-7-5-4-6-8-16/h4-10,12-14,20H,2-3,11H2,1H3/b17-14-. The molecule has 0 amide bonds. The Morgan fingerprint density at radius 3 is 2.59 bits per heavy atom. The maximum absolute atomic E-state index is 5.52. The topological polar surface area (TPSA) is 24.9 Å². The van der Waals surface area contributed by atoms with E-state index in [2.05, 4.69) is 29.4 Å². The van der Waals surface area contributed by atoms with Crippen molar-refractivity contribution in [1.29, 1.82) is 0 Å². The van der Waals surface area contributed by atoms with Crippen LogP contribution in [0.4, 0.5) is 0 Å². The third-order valence-corrected chi connectivity index (χ3v) is 4.26. The highest BCUT2D eigenvalue weighted by Gasteiger charge is 2.04. The quantitative estimate of drug-likeness (QED) is 0.337. The zero-order chi connectivity index (χ0) is 15.6. The van der Waals surface area contributed by atoms with E-state index in [1.165, 1.54) is 6.42 Å². The molecule has 0 saturated heterocycles. The van der Waals surface area contributed by atoms with E-state index in [0.717, 1.165) is 33.3 Å². The van der Waals surface area contributed by atoms with Crippen LogP contribution in [-0.2, 0) is 0 Å². The molecule has 2 nitrogen and oxygen atoms in total. The summed E-state index contributed by atoms with van der Waals surface area (Å²) in [4.78, 5) is 5.24. The lowest BCUT2D eigenvalue weighted by Gasteiger charge is -2.11. The van der Waals surface area contributed by atoms with Gasteiger partial charge in [-0.15, -0.1) is 0 Å². The van der Waals surface area contributed by atoms with Gasteiger partial charge in [0.2, 0.25) is 0 Å². The zero-order valence-electron chi connectivity index (χ0n) is 12.7. The summed E-state index contributed by atoms with van der Waals surface area (Å²) in [6.07, 6.45) is 7.95. The van der Waals surface area contributed by atoms with Gasteiger partial charge in [0.05, 0.1) is 4.20 Å². The van der Waals surface area contributed by atoms with Crippen LogP contribution in [0.15, 0.2) is 65.8 Å². The van der Waals surface area contributed by atoms with Gasteiger partial charge in [-0.1, -0.05) is 55.5 Å². The van der Waals surface area contributed by atoms with Crippen LogP contribution in [0, 0.1) is 0 Å². The Balaban J connectivity index is 2.11. The van der Waals surface area contributed by atoms with Crippen LogP contribution in [0.5, 0.6) is 0 Å². The van der Waals surface area contributed by atoms with Crippen LogP contribution in [0.3, 0.4) is 0 Å². The maximum atomic E-state index is 5.52. The van der Waals surface area contributed by atoms with Crippen LogP contribution < -0.4 is 5.32 Å². The SMILES string of the molecule is CCCCN/C(=C\C(=S)Sc1ccccc1)c1ccncc1. The number of nitrogens with one attached hydrogen (secondary N) is 1. The molecular formula is C18H20N2S2. The van der Waals surface area contributed by atoms with Crippen LogP contribution in [0.1, 0.15) is 25.3 Å². The van der Waals surface area contributed by atoms with Gasteiger partial charge in [-0.2, -0.15) is 0 Å². The van der Waals surface area contributed by atoms with Crippen molar-refractivity contribution in [3.63, 3.8) is 0 Å². The molecule has 0 spiro atoms. The Morgan fingerprint density at radius 1 is 1.18 bits per heavy atom. The molecule has 1 N–H and O–H groups in total. The van der Waals surface area contributed by atoms with Gasteiger partial charge in [-0.25, -0.2) is 0 Å². The van der Waals surface area contributed by atoms with Gasteiger partial charge >= 0.3 is 0 Å². The molecule has 0 aliphatic carbocycles. The Hall–Kier alpha value is -1.65. The number of aromatic nitrogens is 1. The molecule has 0 aliphatic heterocycles. The Kier molecular flexibility index (Phi) is 7.13. The molecule has 0 unspecified atom stereocenters.